The summed E-state index contributed by atoms with van der Waals surface area (Å²) in [6.07, 6.45) is 0. The van der Waals surface area contributed by atoms with Gasteiger partial charge in [-0.3, -0.25) is 10.1 Å². The van der Waals surface area contributed by atoms with E-state index in [0.717, 1.165) is 3.57 Å². The molecule has 0 aliphatic rings. The van der Waals surface area contributed by atoms with Gasteiger partial charge in [0, 0.05) is 16.2 Å². The van der Waals surface area contributed by atoms with E-state index in [1.807, 2.05) is 22.6 Å². The van der Waals surface area contributed by atoms with E-state index >= 15 is 0 Å². The van der Waals surface area contributed by atoms with Crippen LogP contribution in [0, 0.1) is 13.7 Å². The standard InChI is InChI=1S/C7H6ClIN2O2/c8-6-1-4(9)2-7(11(12)13)5(6)3-10/h1-2H,3,10H2. The second-order valence-electron chi connectivity index (χ2n) is 2.35. The number of rotatable bonds is 2. The van der Waals surface area contributed by atoms with E-state index in [2.05, 4.69) is 0 Å². The molecular weight excluding hydrogens is 306 g/mol. The molecule has 0 aliphatic heterocycles. The van der Waals surface area contributed by atoms with E-state index in [4.69, 9.17) is 17.3 Å². The van der Waals surface area contributed by atoms with E-state index in [9.17, 15) is 10.1 Å². The fourth-order valence-electron chi connectivity index (χ4n) is 0.955. The lowest BCUT2D eigenvalue weighted by Crippen LogP contribution is -2.03. The Balaban J connectivity index is 3.38. The Hall–Kier alpha value is -0.400. The predicted molar refractivity (Wildman–Crippen MR) is 58.7 cm³/mol. The monoisotopic (exact) mass is 312 g/mol. The van der Waals surface area contributed by atoms with Crippen molar-refractivity contribution in [3.8, 4) is 0 Å². The Morgan fingerprint density at radius 1 is 1.62 bits per heavy atom. The normalized spacial score (nSPS) is 10.1. The maximum atomic E-state index is 10.6. The van der Waals surface area contributed by atoms with Crippen LogP contribution >= 0.6 is 34.2 Å². The number of nitro benzene ring substituents is 1. The van der Waals surface area contributed by atoms with Gasteiger partial charge in [0.25, 0.3) is 5.69 Å². The molecule has 0 saturated carbocycles. The summed E-state index contributed by atoms with van der Waals surface area (Å²) in [6, 6.07) is 3.10. The number of benzene rings is 1. The number of hydrogen-bond donors (Lipinski definition) is 1. The highest BCUT2D eigenvalue weighted by Gasteiger charge is 2.16. The lowest BCUT2D eigenvalue weighted by atomic mass is 10.2. The van der Waals surface area contributed by atoms with Crippen molar-refractivity contribution in [1.29, 1.82) is 0 Å². The van der Waals surface area contributed by atoms with E-state index in [1.165, 1.54) is 6.07 Å². The van der Waals surface area contributed by atoms with E-state index in [1.54, 1.807) is 6.07 Å². The zero-order valence-electron chi connectivity index (χ0n) is 6.46. The summed E-state index contributed by atoms with van der Waals surface area (Å²) in [5, 5.41) is 10.9. The second kappa shape index (κ2) is 4.21. The molecule has 1 aromatic carbocycles. The van der Waals surface area contributed by atoms with Crippen LogP contribution in [0.1, 0.15) is 5.56 Å². The Bertz CT molecular complexity index is 357. The first kappa shape index (κ1) is 10.7. The quantitative estimate of drug-likeness (QED) is 0.517. The Morgan fingerprint density at radius 3 is 2.69 bits per heavy atom. The van der Waals surface area contributed by atoms with Gasteiger partial charge < -0.3 is 5.73 Å². The largest absolute Gasteiger partial charge is 0.326 e. The van der Waals surface area contributed by atoms with Crippen molar-refractivity contribution < 1.29 is 4.92 Å². The molecule has 0 aromatic heterocycles. The highest BCUT2D eigenvalue weighted by atomic mass is 127. The first-order valence-electron chi connectivity index (χ1n) is 3.38. The summed E-state index contributed by atoms with van der Waals surface area (Å²) < 4.78 is 0.728. The summed E-state index contributed by atoms with van der Waals surface area (Å²) in [6.45, 7) is 0.0755. The molecule has 0 bridgehead atoms. The summed E-state index contributed by atoms with van der Waals surface area (Å²) in [7, 11) is 0. The van der Waals surface area contributed by atoms with Gasteiger partial charge in [-0.1, -0.05) is 11.6 Å². The Labute approximate surface area is 93.4 Å². The highest BCUT2D eigenvalue weighted by molar-refractivity contribution is 14.1. The molecule has 0 fully saturated rings. The van der Waals surface area contributed by atoms with Gasteiger partial charge in [0.15, 0.2) is 0 Å². The van der Waals surface area contributed by atoms with Crippen LogP contribution in [-0.4, -0.2) is 4.92 Å². The number of nitrogens with zero attached hydrogens (tertiary/aromatic N) is 1. The molecule has 4 nitrogen and oxygen atoms in total. The topological polar surface area (TPSA) is 69.2 Å². The van der Waals surface area contributed by atoms with Crippen LogP contribution in [0.2, 0.25) is 5.02 Å². The van der Waals surface area contributed by atoms with Gasteiger partial charge in [-0.05, 0) is 28.7 Å². The molecule has 1 aromatic rings. The summed E-state index contributed by atoms with van der Waals surface area (Å²) in [5.41, 5.74) is 5.72. The number of nitrogens with two attached hydrogens (primary N) is 1. The maximum Gasteiger partial charge on any atom is 0.276 e. The van der Waals surface area contributed by atoms with Gasteiger partial charge in [0.05, 0.1) is 15.5 Å². The molecule has 2 N–H and O–H groups in total. The van der Waals surface area contributed by atoms with Crippen LogP contribution in [-0.2, 0) is 6.54 Å². The fourth-order valence-corrected chi connectivity index (χ4v) is 2.04. The predicted octanol–water partition coefficient (Wildman–Crippen LogP) is 2.31. The van der Waals surface area contributed by atoms with Gasteiger partial charge in [0.1, 0.15) is 0 Å². The molecule has 0 aliphatic carbocycles. The average Bonchev–Trinajstić information content (AvgIpc) is 2.02. The highest BCUT2D eigenvalue weighted by Crippen LogP contribution is 2.28. The van der Waals surface area contributed by atoms with Gasteiger partial charge in [-0.2, -0.15) is 0 Å². The van der Waals surface area contributed by atoms with Crippen molar-refractivity contribution in [2.45, 2.75) is 6.54 Å². The Kier molecular flexibility index (Phi) is 3.46. The third-order valence-corrected chi connectivity index (χ3v) is 2.50. The summed E-state index contributed by atoms with van der Waals surface area (Å²) >= 11 is 7.76. The molecular formula is C7H6ClIN2O2. The molecule has 0 saturated heterocycles. The zero-order valence-corrected chi connectivity index (χ0v) is 9.37. The third-order valence-electron chi connectivity index (χ3n) is 1.54. The first-order valence-corrected chi connectivity index (χ1v) is 4.84. The van der Waals surface area contributed by atoms with E-state index < -0.39 is 4.92 Å². The van der Waals surface area contributed by atoms with Gasteiger partial charge in [-0.15, -0.1) is 0 Å². The summed E-state index contributed by atoms with van der Waals surface area (Å²) in [5.74, 6) is 0. The maximum absolute atomic E-state index is 10.6. The molecule has 6 heteroatoms. The lowest BCUT2D eigenvalue weighted by molar-refractivity contribution is -0.385. The van der Waals surface area contributed by atoms with Crippen LogP contribution in [0.3, 0.4) is 0 Å². The molecule has 0 unspecified atom stereocenters. The second-order valence-corrected chi connectivity index (χ2v) is 4.00. The minimum Gasteiger partial charge on any atom is -0.326 e. The van der Waals surface area contributed by atoms with Crippen molar-refractivity contribution >= 4 is 39.9 Å². The van der Waals surface area contributed by atoms with Crippen molar-refractivity contribution in [2.24, 2.45) is 5.73 Å². The van der Waals surface area contributed by atoms with Crippen molar-refractivity contribution in [3.63, 3.8) is 0 Å². The lowest BCUT2D eigenvalue weighted by Gasteiger charge is -2.02. The van der Waals surface area contributed by atoms with Crippen LogP contribution in [0.15, 0.2) is 12.1 Å². The van der Waals surface area contributed by atoms with Gasteiger partial charge in [0.2, 0.25) is 0 Å². The molecule has 0 spiro atoms. The minimum atomic E-state index is -0.476. The van der Waals surface area contributed by atoms with Crippen molar-refractivity contribution in [2.75, 3.05) is 0 Å². The zero-order chi connectivity index (χ0) is 10.0. The summed E-state index contributed by atoms with van der Waals surface area (Å²) in [4.78, 5) is 10.1. The molecule has 0 radical (unpaired) electrons. The van der Waals surface area contributed by atoms with Gasteiger partial charge >= 0.3 is 0 Å². The van der Waals surface area contributed by atoms with E-state index in [0.29, 0.717) is 10.6 Å². The smallest absolute Gasteiger partial charge is 0.276 e. The molecule has 70 valence electrons. The fraction of sp³-hybridized carbons (Fsp3) is 0.143. The van der Waals surface area contributed by atoms with Gasteiger partial charge in [-0.25, -0.2) is 0 Å². The first-order chi connectivity index (χ1) is 6.06. The van der Waals surface area contributed by atoms with Crippen LogP contribution in [0.25, 0.3) is 0 Å². The molecule has 0 atom stereocenters. The van der Waals surface area contributed by atoms with Crippen molar-refractivity contribution in [1.82, 2.24) is 0 Å². The third kappa shape index (κ3) is 2.29. The number of hydrogen-bond acceptors (Lipinski definition) is 3. The Morgan fingerprint density at radius 2 is 2.23 bits per heavy atom. The van der Waals surface area contributed by atoms with Crippen LogP contribution in [0.5, 0.6) is 0 Å². The van der Waals surface area contributed by atoms with Crippen molar-refractivity contribution in [3.05, 3.63) is 36.4 Å². The average molecular weight is 312 g/mol. The minimum absolute atomic E-state index is 0.0144. The number of nitro groups is 1. The van der Waals surface area contributed by atoms with E-state index in [-0.39, 0.29) is 12.2 Å². The van der Waals surface area contributed by atoms with Crippen LogP contribution in [0.4, 0.5) is 5.69 Å². The molecule has 0 heterocycles. The molecule has 13 heavy (non-hydrogen) atoms. The number of halogens is 2. The SMILES string of the molecule is NCc1c(Cl)cc(I)cc1[N+](=O)[O-]. The van der Waals surface area contributed by atoms with Crippen LogP contribution < -0.4 is 5.73 Å². The molecule has 0 amide bonds. The molecule has 1 rings (SSSR count).